The van der Waals surface area contributed by atoms with Gasteiger partial charge in [-0.3, -0.25) is 4.79 Å². The van der Waals surface area contributed by atoms with Crippen molar-refractivity contribution in [2.45, 2.75) is 62.9 Å². The molecule has 5 fully saturated rings. The number of carbonyl (C=O) groups is 1. The van der Waals surface area contributed by atoms with Gasteiger partial charge in [0.05, 0.1) is 12.2 Å². The van der Waals surface area contributed by atoms with Crippen molar-refractivity contribution in [1.82, 2.24) is 4.90 Å². The van der Waals surface area contributed by atoms with E-state index in [1.54, 1.807) is 0 Å². The molecule has 0 aromatic carbocycles. The molecule has 0 amide bonds. The van der Waals surface area contributed by atoms with E-state index in [9.17, 15) is 4.79 Å². The van der Waals surface area contributed by atoms with Gasteiger partial charge in [-0.25, -0.2) is 0 Å². The van der Waals surface area contributed by atoms with Crippen LogP contribution in [0.1, 0.15) is 38.5 Å². The molecule has 0 N–H and O–H groups in total. The summed E-state index contributed by atoms with van der Waals surface area (Å²) in [4.78, 5) is 15.3. The van der Waals surface area contributed by atoms with E-state index in [1.807, 2.05) is 7.11 Å². The van der Waals surface area contributed by atoms with Gasteiger partial charge in [0.2, 0.25) is 0 Å². The van der Waals surface area contributed by atoms with Gasteiger partial charge in [-0.1, -0.05) is 0 Å². The molecule has 0 aromatic heterocycles. The van der Waals surface area contributed by atoms with E-state index >= 15 is 0 Å². The predicted octanol–water partition coefficient (Wildman–Crippen LogP) is 1.87. The molecule has 2 heterocycles. The molecule has 3 saturated carbocycles. The molecular weight excluding hydrogens is 278 g/mol. The van der Waals surface area contributed by atoms with Gasteiger partial charge in [0.15, 0.2) is 5.78 Å². The maximum atomic E-state index is 12.7. The lowest BCUT2D eigenvalue weighted by Gasteiger charge is -2.62. The highest BCUT2D eigenvalue weighted by Crippen LogP contribution is 2.67. The Morgan fingerprint density at radius 3 is 3.00 bits per heavy atom. The van der Waals surface area contributed by atoms with Gasteiger partial charge in [-0.15, -0.1) is 0 Å². The van der Waals surface area contributed by atoms with Crippen LogP contribution in [0.5, 0.6) is 0 Å². The third-order valence-corrected chi connectivity index (χ3v) is 7.91. The third-order valence-electron chi connectivity index (χ3n) is 7.91. The van der Waals surface area contributed by atoms with Crippen molar-refractivity contribution in [1.29, 1.82) is 0 Å². The minimum absolute atomic E-state index is 0.129. The van der Waals surface area contributed by atoms with Gasteiger partial charge in [0.25, 0.3) is 0 Å². The van der Waals surface area contributed by atoms with Gasteiger partial charge in [0.1, 0.15) is 6.10 Å². The first kappa shape index (κ1) is 13.9. The van der Waals surface area contributed by atoms with Gasteiger partial charge < -0.3 is 14.4 Å². The van der Waals surface area contributed by atoms with Gasteiger partial charge in [-0.05, 0) is 63.5 Å². The Bertz CT molecular complexity index is 509. The summed E-state index contributed by atoms with van der Waals surface area (Å²) in [6, 6.07) is 0.673. The highest BCUT2D eigenvalue weighted by Gasteiger charge is 2.71. The lowest BCUT2D eigenvalue weighted by Crippen LogP contribution is -2.67. The fraction of sp³-hybridized carbons (Fsp3) is 0.944. The molecule has 0 radical (unpaired) electrons. The Labute approximate surface area is 132 Å². The Balaban J connectivity index is 1.64. The molecular formula is C18H27NO3. The summed E-state index contributed by atoms with van der Waals surface area (Å²) < 4.78 is 12.2. The van der Waals surface area contributed by atoms with Crippen LogP contribution >= 0.6 is 0 Å². The van der Waals surface area contributed by atoms with Crippen LogP contribution in [0, 0.1) is 23.2 Å². The summed E-state index contributed by atoms with van der Waals surface area (Å²) in [7, 11) is 4.10. The van der Waals surface area contributed by atoms with Crippen molar-refractivity contribution in [3.63, 3.8) is 0 Å². The summed E-state index contributed by atoms with van der Waals surface area (Å²) in [6.45, 7) is 1.13. The molecule has 122 valence electrons. The second-order valence-electron chi connectivity index (χ2n) is 8.38. The first-order valence-corrected chi connectivity index (χ1v) is 9.08. The van der Waals surface area contributed by atoms with Crippen LogP contribution in [0.25, 0.3) is 0 Å². The molecule has 1 spiro atoms. The number of hydrogen-bond acceptors (Lipinski definition) is 4. The van der Waals surface area contributed by atoms with E-state index in [4.69, 9.17) is 9.47 Å². The number of rotatable bonds is 1. The van der Waals surface area contributed by atoms with Crippen molar-refractivity contribution in [3.05, 3.63) is 0 Å². The Kier molecular flexibility index (Phi) is 2.88. The minimum Gasteiger partial charge on any atom is -0.379 e. The van der Waals surface area contributed by atoms with Crippen molar-refractivity contribution in [3.8, 4) is 0 Å². The van der Waals surface area contributed by atoms with E-state index < -0.39 is 0 Å². The molecule has 2 bridgehead atoms. The number of Topliss-reactive ketones (excluding diaryl/α,β-unsaturated/α-hetero) is 1. The second kappa shape index (κ2) is 4.55. The number of methoxy groups -OCH3 is 1. The lowest BCUT2D eigenvalue weighted by molar-refractivity contribution is -0.162. The van der Waals surface area contributed by atoms with Crippen LogP contribution in [-0.2, 0) is 14.3 Å². The molecule has 5 rings (SSSR count). The molecule has 8 unspecified atom stereocenters. The monoisotopic (exact) mass is 305 g/mol. The highest BCUT2D eigenvalue weighted by molar-refractivity contribution is 5.85. The molecule has 2 saturated heterocycles. The average Bonchev–Trinajstić information content (AvgIpc) is 2.88. The van der Waals surface area contributed by atoms with Gasteiger partial charge in [-0.2, -0.15) is 0 Å². The van der Waals surface area contributed by atoms with Crippen LogP contribution < -0.4 is 0 Å². The number of carbonyl (C=O) groups excluding carboxylic acids is 1. The quantitative estimate of drug-likeness (QED) is 0.741. The van der Waals surface area contributed by atoms with E-state index in [-0.39, 0.29) is 23.7 Å². The summed E-state index contributed by atoms with van der Waals surface area (Å²) >= 11 is 0. The zero-order chi connectivity index (χ0) is 15.1. The highest BCUT2D eigenvalue weighted by atomic mass is 16.6. The normalized spacial score (nSPS) is 56.8. The largest absolute Gasteiger partial charge is 0.379 e. The zero-order valence-electron chi connectivity index (χ0n) is 13.7. The van der Waals surface area contributed by atoms with E-state index in [0.717, 1.165) is 38.1 Å². The molecule has 22 heavy (non-hydrogen) atoms. The first-order valence-electron chi connectivity index (χ1n) is 9.08. The topological polar surface area (TPSA) is 38.8 Å². The van der Waals surface area contributed by atoms with E-state index in [1.165, 1.54) is 12.8 Å². The van der Waals surface area contributed by atoms with Crippen molar-refractivity contribution in [2.24, 2.45) is 23.2 Å². The number of piperidine rings is 1. The Hall–Kier alpha value is -0.450. The number of likely N-dealkylation sites (tertiary alicyclic amines) is 1. The summed E-state index contributed by atoms with van der Waals surface area (Å²) in [5.74, 6) is 2.34. The average molecular weight is 305 g/mol. The maximum absolute atomic E-state index is 12.7. The summed E-state index contributed by atoms with van der Waals surface area (Å²) in [5, 5.41) is 0. The number of hydrogen-bond donors (Lipinski definition) is 0. The minimum atomic E-state index is -0.129. The first-order chi connectivity index (χ1) is 10.7. The second-order valence-corrected chi connectivity index (χ2v) is 8.38. The Morgan fingerprint density at radius 1 is 1.32 bits per heavy atom. The number of ketones is 1. The molecule has 5 aliphatic rings. The zero-order valence-corrected chi connectivity index (χ0v) is 13.7. The fourth-order valence-corrected chi connectivity index (χ4v) is 7.16. The van der Waals surface area contributed by atoms with Crippen LogP contribution in [-0.4, -0.2) is 55.7 Å². The molecule has 8 atom stereocenters. The maximum Gasteiger partial charge on any atom is 0.162 e. The van der Waals surface area contributed by atoms with Gasteiger partial charge >= 0.3 is 0 Å². The smallest absolute Gasteiger partial charge is 0.162 e. The summed E-state index contributed by atoms with van der Waals surface area (Å²) in [5.41, 5.74) is 0.136. The fourth-order valence-electron chi connectivity index (χ4n) is 7.16. The third kappa shape index (κ3) is 1.47. The molecule has 4 heteroatoms. The lowest BCUT2D eigenvalue weighted by atomic mass is 9.45. The molecule has 3 aliphatic carbocycles. The van der Waals surface area contributed by atoms with Gasteiger partial charge in [0, 0.05) is 25.0 Å². The summed E-state index contributed by atoms with van der Waals surface area (Å²) in [6.07, 6.45) is 6.86. The Morgan fingerprint density at radius 2 is 2.18 bits per heavy atom. The van der Waals surface area contributed by atoms with E-state index in [2.05, 4.69) is 11.9 Å². The SMILES string of the molecule is COC1CCC2CC3C4CCC(=O)C5OC1C2C54CCN3C. The molecule has 4 nitrogen and oxygen atoms in total. The number of ether oxygens (including phenoxy) is 2. The van der Waals surface area contributed by atoms with Crippen LogP contribution in [0.4, 0.5) is 0 Å². The van der Waals surface area contributed by atoms with E-state index in [0.29, 0.717) is 23.7 Å². The standard InChI is InChI=1S/C18H27NO3/c1-19-8-7-18-11-4-5-13(20)17(18)22-16-14(21-2)6-3-10(15(16)18)9-12(11)19/h10-12,14-17H,3-9H2,1-2H3. The van der Waals surface area contributed by atoms with Crippen molar-refractivity contribution >= 4 is 5.78 Å². The van der Waals surface area contributed by atoms with Crippen LogP contribution in [0.2, 0.25) is 0 Å². The van der Waals surface area contributed by atoms with Crippen LogP contribution in [0.3, 0.4) is 0 Å². The van der Waals surface area contributed by atoms with Crippen molar-refractivity contribution in [2.75, 3.05) is 20.7 Å². The molecule has 0 aromatic rings. The molecule has 2 aliphatic heterocycles. The number of nitrogens with zero attached hydrogens (tertiary/aromatic N) is 1. The van der Waals surface area contributed by atoms with Crippen LogP contribution in [0.15, 0.2) is 0 Å². The van der Waals surface area contributed by atoms with Crippen molar-refractivity contribution < 1.29 is 14.3 Å². The predicted molar refractivity (Wildman–Crippen MR) is 81.5 cm³/mol.